The van der Waals surface area contributed by atoms with Crippen molar-refractivity contribution >= 4 is 39.5 Å². The van der Waals surface area contributed by atoms with Crippen LogP contribution in [0, 0.1) is 0 Å². The molecule has 0 bridgehead atoms. The third kappa shape index (κ3) is 2.49. The molecule has 3 aromatic rings. The van der Waals surface area contributed by atoms with Crippen LogP contribution in [-0.2, 0) is 0 Å². The lowest BCUT2D eigenvalue weighted by Gasteiger charge is -2.17. The number of anilines is 1. The van der Waals surface area contributed by atoms with Crippen LogP contribution in [0.1, 0.15) is 24.3 Å². The molecule has 102 valence electrons. The van der Waals surface area contributed by atoms with Crippen molar-refractivity contribution in [1.82, 2.24) is 10.2 Å². The topological polar surface area (TPSA) is 37.8 Å². The third-order valence-electron chi connectivity index (χ3n) is 3.25. The van der Waals surface area contributed by atoms with Gasteiger partial charge in [0.1, 0.15) is 0 Å². The van der Waals surface area contributed by atoms with Crippen molar-refractivity contribution < 1.29 is 0 Å². The Morgan fingerprint density at radius 1 is 1.15 bits per heavy atom. The van der Waals surface area contributed by atoms with Crippen molar-refractivity contribution in [3.05, 3.63) is 51.8 Å². The van der Waals surface area contributed by atoms with Crippen molar-refractivity contribution in [2.24, 2.45) is 0 Å². The number of fused-ring (bicyclic) bond motifs is 1. The van der Waals surface area contributed by atoms with E-state index >= 15 is 0 Å². The van der Waals surface area contributed by atoms with Crippen molar-refractivity contribution in [3.8, 4) is 0 Å². The van der Waals surface area contributed by atoms with Gasteiger partial charge in [0, 0.05) is 15.6 Å². The molecular formula is C15H14ClN3S. The Labute approximate surface area is 126 Å². The largest absolute Gasteiger partial charge is 0.360 e. The Hall–Kier alpha value is -1.65. The summed E-state index contributed by atoms with van der Waals surface area (Å²) in [5, 5.41) is 16.2. The van der Waals surface area contributed by atoms with E-state index in [0.29, 0.717) is 5.15 Å². The van der Waals surface area contributed by atoms with E-state index in [9.17, 15) is 0 Å². The van der Waals surface area contributed by atoms with E-state index in [0.717, 1.165) is 23.0 Å². The van der Waals surface area contributed by atoms with Gasteiger partial charge >= 0.3 is 0 Å². The molecule has 1 aromatic carbocycles. The van der Waals surface area contributed by atoms with Gasteiger partial charge in [0.2, 0.25) is 0 Å². The van der Waals surface area contributed by atoms with Gasteiger partial charge in [-0.2, -0.15) is 0 Å². The second-order valence-corrected chi connectivity index (χ2v) is 5.84. The lowest BCUT2D eigenvalue weighted by Crippen LogP contribution is -2.10. The third-order valence-corrected chi connectivity index (χ3v) is 4.51. The first-order chi connectivity index (χ1) is 9.79. The molecule has 2 heterocycles. The predicted molar refractivity (Wildman–Crippen MR) is 85.5 cm³/mol. The quantitative estimate of drug-likeness (QED) is 0.744. The molecule has 0 fully saturated rings. The standard InChI is InChI=1S/C15H14ClN3S/c1-2-12(13-8-5-9-20-13)17-15-11-7-4-3-6-10(11)14(16)18-19-15/h3-9,12H,2H2,1H3,(H,17,19). The van der Waals surface area contributed by atoms with Gasteiger partial charge in [0.15, 0.2) is 11.0 Å². The molecule has 0 saturated carbocycles. The Bertz CT molecular complexity index is 712. The number of rotatable bonds is 4. The summed E-state index contributed by atoms with van der Waals surface area (Å²) in [5.74, 6) is 0.783. The molecule has 1 unspecified atom stereocenters. The monoisotopic (exact) mass is 303 g/mol. The maximum Gasteiger partial charge on any atom is 0.159 e. The van der Waals surface area contributed by atoms with E-state index in [4.69, 9.17) is 11.6 Å². The van der Waals surface area contributed by atoms with E-state index < -0.39 is 0 Å². The minimum absolute atomic E-state index is 0.244. The number of nitrogens with zero attached hydrogens (tertiary/aromatic N) is 2. The summed E-state index contributed by atoms with van der Waals surface area (Å²) in [6, 6.07) is 12.4. The number of nitrogens with one attached hydrogen (secondary N) is 1. The van der Waals surface area contributed by atoms with Crippen LogP contribution < -0.4 is 5.32 Å². The van der Waals surface area contributed by atoms with Crippen LogP contribution in [0.5, 0.6) is 0 Å². The van der Waals surface area contributed by atoms with Gasteiger partial charge in [-0.3, -0.25) is 0 Å². The van der Waals surface area contributed by atoms with Crippen LogP contribution in [0.25, 0.3) is 10.8 Å². The molecule has 0 aliphatic rings. The van der Waals surface area contributed by atoms with Crippen molar-refractivity contribution in [2.75, 3.05) is 5.32 Å². The number of benzene rings is 1. The molecule has 5 heteroatoms. The number of hydrogen-bond donors (Lipinski definition) is 1. The highest BCUT2D eigenvalue weighted by Gasteiger charge is 2.14. The minimum Gasteiger partial charge on any atom is -0.360 e. The normalized spacial score (nSPS) is 12.5. The average Bonchev–Trinajstić information content (AvgIpc) is 3.01. The summed E-state index contributed by atoms with van der Waals surface area (Å²) >= 11 is 7.85. The number of hydrogen-bond acceptors (Lipinski definition) is 4. The van der Waals surface area contributed by atoms with E-state index in [1.54, 1.807) is 11.3 Å². The van der Waals surface area contributed by atoms with Gasteiger partial charge in [-0.25, -0.2) is 0 Å². The average molecular weight is 304 g/mol. The maximum atomic E-state index is 6.10. The molecule has 2 aromatic heterocycles. The Morgan fingerprint density at radius 3 is 2.65 bits per heavy atom. The zero-order chi connectivity index (χ0) is 13.9. The van der Waals surface area contributed by atoms with Crippen molar-refractivity contribution in [2.45, 2.75) is 19.4 Å². The first kappa shape index (κ1) is 13.3. The molecule has 0 radical (unpaired) electrons. The highest BCUT2D eigenvalue weighted by molar-refractivity contribution is 7.10. The van der Waals surface area contributed by atoms with Gasteiger partial charge in [-0.1, -0.05) is 48.9 Å². The van der Waals surface area contributed by atoms with E-state index in [1.165, 1.54) is 4.88 Å². The van der Waals surface area contributed by atoms with Gasteiger partial charge in [-0.05, 0) is 17.9 Å². The molecule has 0 aliphatic carbocycles. The van der Waals surface area contributed by atoms with Crippen LogP contribution in [0.2, 0.25) is 5.15 Å². The molecule has 3 nitrogen and oxygen atoms in total. The van der Waals surface area contributed by atoms with Crippen LogP contribution in [0.3, 0.4) is 0 Å². The van der Waals surface area contributed by atoms with Crippen LogP contribution >= 0.6 is 22.9 Å². The molecular weight excluding hydrogens is 290 g/mol. The smallest absolute Gasteiger partial charge is 0.159 e. The van der Waals surface area contributed by atoms with Crippen molar-refractivity contribution in [1.29, 1.82) is 0 Å². The summed E-state index contributed by atoms with van der Waals surface area (Å²) in [7, 11) is 0. The number of aromatic nitrogens is 2. The maximum absolute atomic E-state index is 6.10. The zero-order valence-electron chi connectivity index (χ0n) is 11.0. The lowest BCUT2D eigenvalue weighted by atomic mass is 10.1. The second-order valence-electron chi connectivity index (χ2n) is 4.51. The Balaban J connectivity index is 2.00. The summed E-state index contributed by atoms with van der Waals surface area (Å²) in [6.45, 7) is 2.16. The molecule has 0 spiro atoms. The Kier molecular flexibility index (Phi) is 3.85. The first-order valence-corrected chi connectivity index (χ1v) is 7.76. The highest BCUT2D eigenvalue weighted by Crippen LogP contribution is 2.30. The zero-order valence-corrected chi connectivity index (χ0v) is 12.6. The summed E-state index contributed by atoms with van der Waals surface area (Å²) in [4.78, 5) is 1.30. The van der Waals surface area contributed by atoms with E-state index in [-0.39, 0.29) is 6.04 Å². The minimum atomic E-state index is 0.244. The predicted octanol–water partition coefficient (Wildman–Crippen LogP) is 4.91. The van der Waals surface area contributed by atoms with Crippen LogP contribution in [0.4, 0.5) is 5.82 Å². The molecule has 3 rings (SSSR count). The van der Waals surface area contributed by atoms with Gasteiger partial charge in [0.05, 0.1) is 6.04 Å². The van der Waals surface area contributed by atoms with Crippen LogP contribution in [0.15, 0.2) is 41.8 Å². The van der Waals surface area contributed by atoms with E-state index in [2.05, 4.69) is 40.0 Å². The fourth-order valence-electron chi connectivity index (χ4n) is 2.21. The Morgan fingerprint density at radius 2 is 1.95 bits per heavy atom. The fraction of sp³-hybridized carbons (Fsp3) is 0.200. The summed E-state index contributed by atoms with van der Waals surface area (Å²) < 4.78 is 0. The number of halogens is 1. The first-order valence-electron chi connectivity index (χ1n) is 6.50. The van der Waals surface area contributed by atoms with Gasteiger partial charge in [-0.15, -0.1) is 21.5 Å². The molecule has 0 saturated heterocycles. The van der Waals surface area contributed by atoms with Gasteiger partial charge in [0.25, 0.3) is 0 Å². The van der Waals surface area contributed by atoms with Crippen molar-refractivity contribution in [3.63, 3.8) is 0 Å². The lowest BCUT2D eigenvalue weighted by molar-refractivity contribution is 0.756. The molecule has 1 atom stereocenters. The fourth-order valence-corrected chi connectivity index (χ4v) is 3.27. The SMILES string of the molecule is CCC(Nc1nnc(Cl)c2ccccc12)c1cccs1. The molecule has 0 amide bonds. The molecule has 1 N–H and O–H groups in total. The van der Waals surface area contributed by atoms with Gasteiger partial charge < -0.3 is 5.32 Å². The molecule has 0 aliphatic heterocycles. The summed E-state index contributed by atoms with van der Waals surface area (Å²) in [5.41, 5.74) is 0. The van der Waals surface area contributed by atoms with Crippen LogP contribution in [-0.4, -0.2) is 10.2 Å². The van der Waals surface area contributed by atoms with E-state index in [1.807, 2.05) is 24.3 Å². The summed E-state index contributed by atoms with van der Waals surface area (Å²) in [6.07, 6.45) is 0.985. The second kappa shape index (κ2) is 5.77. The number of thiophene rings is 1. The molecule has 20 heavy (non-hydrogen) atoms. The highest BCUT2D eigenvalue weighted by atomic mass is 35.5.